The summed E-state index contributed by atoms with van der Waals surface area (Å²) >= 11 is 0. The second-order valence-electron chi connectivity index (χ2n) is 5.04. The molecule has 6 heteroatoms. The van der Waals surface area contributed by atoms with Crippen LogP contribution in [-0.4, -0.2) is 32.6 Å². The number of aromatic nitrogens is 3. The topological polar surface area (TPSA) is 64.2 Å². The zero-order chi connectivity index (χ0) is 15.5. The number of nitrogens with zero attached hydrogens (tertiary/aromatic N) is 4. The molecule has 112 valence electrons. The summed E-state index contributed by atoms with van der Waals surface area (Å²) in [6, 6.07) is 9.78. The molecular weight excluding hydrogens is 280 g/mol. The molecule has 1 amide bonds. The lowest BCUT2D eigenvalue weighted by molar-refractivity contribution is 0.0778. The summed E-state index contributed by atoms with van der Waals surface area (Å²) in [5.41, 5.74) is 2.33. The van der Waals surface area contributed by atoms with Crippen molar-refractivity contribution in [3.05, 3.63) is 66.1 Å². The fraction of sp³-hybridized carbons (Fsp3) is 0.188. The van der Waals surface area contributed by atoms with Crippen LogP contribution >= 0.6 is 0 Å². The molecule has 6 nitrogen and oxygen atoms in total. The first-order valence-corrected chi connectivity index (χ1v) is 6.89. The third-order valence-corrected chi connectivity index (χ3v) is 3.39. The highest BCUT2D eigenvalue weighted by atomic mass is 16.3. The van der Waals surface area contributed by atoms with Gasteiger partial charge in [-0.25, -0.2) is 9.67 Å². The van der Waals surface area contributed by atoms with Gasteiger partial charge in [-0.05, 0) is 30.7 Å². The largest absolute Gasteiger partial charge is 0.448 e. The van der Waals surface area contributed by atoms with E-state index in [9.17, 15) is 4.79 Å². The van der Waals surface area contributed by atoms with Crippen molar-refractivity contribution >= 4 is 5.91 Å². The molecule has 0 bridgehead atoms. The van der Waals surface area contributed by atoms with Crippen molar-refractivity contribution in [3.63, 3.8) is 0 Å². The van der Waals surface area contributed by atoms with E-state index in [1.54, 1.807) is 29.7 Å². The van der Waals surface area contributed by atoms with Crippen LogP contribution in [0, 0.1) is 6.92 Å². The lowest BCUT2D eigenvalue weighted by atomic mass is 10.2. The van der Waals surface area contributed by atoms with Crippen LogP contribution in [0.4, 0.5) is 0 Å². The molecule has 2 aromatic heterocycles. The first-order chi connectivity index (χ1) is 10.6. The average Bonchev–Trinajstić information content (AvgIpc) is 3.18. The predicted octanol–water partition coefficient (Wildman–Crippen LogP) is 2.44. The molecule has 0 saturated heterocycles. The number of carbonyl (C=O) groups is 1. The molecular formula is C16H16N4O2. The van der Waals surface area contributed by atoms with Gasteiger partial charge in [-0.15, -0.1) is 0 Å². The Kier molecular flexibility index (Phi) is 3.74. The monoisotopic (exact) mass is 296 g/mol. The minimum atomic E-state index is -0.157. The molecule has 0 aliphatic rings. The molecule has 3 rings (SSSR count). The smallest absolute Gasteiger partial charge is 0.276 e. The van der Waals surface area contributed by atoms with Crippen molar-refractivity contribution in [2.24, 2.45) is 0 Å². The van der Waals surface area contributed by atoms with E-state index >= 15 is 0 Å². The molecule has 0 spiro atoms. The standard InChI is InChI=1S/C16H16N4O2/c1-12-15(17-11-22-12)16(21)19(2)10-13-5-3-6-14(9-13)20-8-4-7-18-20/h3-9,11H,10H2,1-2H3. The Morgan fingerprint density at radius 2 is 2.23 bits per heavy atom. The average molecular weight is 296 g/mol. The molecule has 0 aliphatic heterocycles. The molecule has 0 unspecified atom stereocenters. The van der Waals surface area contributed by atoms with Crippen LogP contribution in [0.1, 0.15) is 21.8 Å². The van der Waals surface area contributed by atoms with Crippen LogP contribution in [-0.2, 0) is 6.54 Å². The summed E-state index contributed by atoms with van der Waals surface area (Å²) in [5.74, 6) is 0.373. The highest BCUT2D eigenvalue weighted by Crippen LogP contribution is 2.13. The lowest BCUT2D eigenvalue weighted by Gasteiger charge is -2.16. The molecule has 1 aromatic carbocycles. The van der Waals surface area contributed by atoms with Crippen LogP contribution in [0.15, 0.2) is 53.5 Å². The van der Waals surface area contributed by atoms with Crippen molar-refractivity contribution in [1.29, 1.82) is 0 Å². The van der Waals surface area contributed by atoms with Crippen LogP contribution < -0.4 is 0 Å². The van der Waals surface area contributed by atoms with E-state index in [1.807, 2.05) is 36.5 Å². The number of amides is 1. The van der Waals surface area contributed by atoms with Crippen molar-refractivity contribution in [1.82, 2.24) is 19.7 Å². The maximum absolute atomic E-state index is 12.3. The molecule has 0 atom stereocenters. The Bertz CT molecular complexity index is 777. The van der Waals surface area contributed by atoms with Crippen molar-refractivity contribution in [3.8, 4) is 5.69 Å². The normalized spacial score (nSPS) is 10.6. The van der Waals surface area contributed by atoms with Crippen molar-refractivity contribution in [2.75, 3.05) is 7.05 Å². The maximum Gasteiger partial charge on any atom is 0.276 e. The van der Waals surface area contributed by atoms with Gasteiger partial charge < -0.3 is 9.32 Å². The summed E-state index contributed by atoms with van der Waals surface area (Å²) < 4.78 is 6.87. The molecule has 22 heavy (non-hydrogen) atoms. The molecule has 0 N–H and O–H groups in total. The van der Waals surface area contributed by atoms with Gasteiger partial charge >= 0.3 is 0 Å². The van der Waals surface area contributed by atoms with E-state index in [0.717, 1.165) is 11.3 Å². The van der Waals surface area contributed by atoms with Crippen LogP contribution in [0.5, 0.6) is 0 Å². The van der Waals surface area contributed by atoms with Gasteiger partial charge in [-0.1, -0.05) is 12.1 Å². The Hall–Kier alpha value is -2.89. The Balaban J connectivity index is 1.77. The van der Waals surface area contributed by atoms with Gasteiger partial charge in [0.25, 0.3) is 5.91 Å². The lowest BCUT2D eigenvalue weighted by Crippen LogP contribution is -2.27. The highest BCUT2D eigenvalue weighted by Gasteiger charge is 2.18. The summed E-state index contributed by atoms with van der Waals surface area (Å²) in [6.45, 7) is 2.21. The second kappa shape index (κ2) is 5.85. The van der Waals surface area contributed by atoms with Gasteiger partial charge in [0.05, 0.1) is 5.69 Å². The second-order valence-corrected chi connectivity index (χ2v) is 5.04. The van der Waals surface area contributed by atoms with E-state index in [-0.39, 0.29) is 5.91 Å². The predicted molar refractivity (Wildman–Crippen MR) is 80.6 cm³/mol. The number of aryl methyl sites for hydroxylation is 1. The van der Waals surface area contributed by atoms with E-state index in [4.69, 9.17) is 4.42 Å². The van der Waals surface area contributed by atoms with E-state index in [1.165, 1.54) is 6.39 Å². The molecule has 0 radical (unpaired) electrons. The number of rotatable bonds is 4. The zero-order valence-corrected chi connectivity index (χ0v) is 12.4. The summed E-state index contributed by atoms with van der Waals surface area (Å²) in [5, 5.41) is 4.21. The van der Waals surface area contributed by atoms with Crippen LogP contribution in [0.2, 0.25) is 0 Å². The Labute approximate surface area is 128 Å². The van der Waals surface area contributed by atoms with Gasteiger partial charge in [-0.2, -0.15) is 5.10 Å². The van der Waals surface area contributed by atoms with E-state index < -0.39 is 0 Å². The number of hydrogen-bond donors (Lipinski definition) is 0. The molecule has 0 fully saturated rings. The minimum Gasteiger partial charge on any atom is -0.448 e. The highest BCUT2D eigenvalue weighted by molar-refractivity contribution is 5.92. The van der Waals surface area contributed by atoms with Crippen molar-refractivity contribution < 1.29 is 9.21 Å². The van der Waals surface area contributed by atoms with Gasteiger partial charge in [0.1, 0.15) is 5.76 Å². The minimum absolute atomic E-state index is 0.157. The third-order valence-electron chi connectivity index (χ3n) is 3.39. The first-order valence-electron chi connectivity index (χ1n) is 6.89. The Morgan fingerprint density at radius 3 is 2.91 bits per heavy atom. The molecule has 3 aromatic rings. The molecule has 2 heterocycles. The molecule has 0 aliphatic carbocycles. The quantitative estimate of drug-likeness (QED) is 0.742. The van der Waals surface area contributed by atoms with Crippen LogP contribution in [0.3, 0.4) is 0 Å². The van der Waals surface area contributed by atoms with E-state index in [0.29, 0.717) is 18.0 Å². The summed E-state index contributed by atoms with van der Waals surface area (Å²) in [4.78, 5) is 17.9. The van der Waals surface area contributed by atoms with Gasteiger partial charge in [-0.3, -0.25) is 4.79 Å². The zero-order valence-electron chi connectivity index (χ0n) is 12.4. The third kappa shape index (κ3) is 2.76. The summed E-state index contributed by atoms with van der Waals surface area (Å²) in [6.07, 6.45) is 4.90. The van der Waals surface area contributed by atoms with E-state index in [2.05, 4.69) is 10.1 Å². The fourth-order valence-electron chi connectivity index (χ4n) is 2.26. The van der Waals surface area contributed by atoms with Gasteiger partial charge in [0, 0.05) is 26.0 Å². The SMILES string of the molecule is Cc1ocnc1C(=O)N(C)Cc1cccc(-n2cccn2)c1. The maximum atomic E-state index is 12.3. The summed E-state index contributed by atoms with van der Waals surface area (Å²) in [7, 11) is 1.75. The number of hydrogen-bond acceptors (Lipinski definition) is 4. The number of oxazole rings is 1. The fourth-order valence-corrected chi connectivity index (χ4v) is 2.26. The molecule has 0 saturated carbocycles. The van der Waals surface area contributed by atoms with Gasteiger partial charge in [0.15, 0.2) is 12.1 Å². The first kappa shape index (κ1) is 14.1. The van der Waals surface area contributed by atoms with Crippen LogP contribution in [0.25, 0.3) is 5.69 Å². The number of benzene rings is 1. The number of carbonyl (C=O) groups excluding carboxylic acids is 1. The van der Waals surface area contributed by atoms with Gasteiger partial charge in [0.2, 0.25) is 0 Å². The van der Waals surface area contributed by atoms with Crippen molar-refractivity contribution in [2.45, 2.75) is 13.5 Å². The Morgan fingerprint density at radius 1 is 1.36 bits per heavy atom.